The Hall–Kier alpha value is -3.14. The van der Waals surface area contributed by atoms with Gasteiger partial charge in [0.05, 0.1) is 11.3 Å². The molecule has 0 aliphatic carbocycles. The lowest BCUT2D eigenvalue weighted by molar-refractivity contribution is -0.197. The fourth-order valence-corrected chi connectivity index (χ4v) is 2.71. The van der Waals surface area contributed by atoms with Gasteiger partial charge in [-0.15, -0.1) is 0 Å². The monoisotopic (exact) mass is 415 g/mol. The largest absolute Gasteiger partial charge is 0.440 e. The Morgan fingerprint density at radius 1 is 1.07 bits per heavy atom. The number of amides is 4. The molecule has 0 aromatic heterocycles. The first kappa shape index (κ1) is 19.6. The molecule has 1 aliphatic rings. The standard InChI is InChI=1S/C17H10ClF4N3O3/c18-9-5-7-10(8-6-9)25-14(27)16(17(20,21)22,24-15(25)28)23-13(26)11-3-1-2-4-12(11)19/h1-8H,(H,23,26)(H,24,28)/t16-/m1/s1. The quantitative estimate of drug-likeness (QED) is 0.597. The second-order valence-electron chi connectivity index (χ2n) is 5.73. The summed E-state index contributed by atoms with van der Waals surface area (Å²) in [5.74, 6) is -4.41. The summed E-state index contributed by atoms with van der Waals surface area (Å²) in [5, 5.41) is 3.12. The molecule has 1 heterocycles. The van der Waals surface area contributed by atoms with Crippen molar-refractivity contribution in [3.05, 3.63) is 64.9 Å². The predicted molar refractivity (Wildman–Crippen MR) is 90.1 cm³/mol. The van der Waals surface area contributed by atoms with E-state index in [1.165, 1.54) is 34.9 Å². The number of rotatable bonds is 3. The number of urea groups is 1. The molecule has 2 N–H and O–H groups in total. The number of halogens is 5. The molecule has 4 amide bonds. The van der Waals surface area contributed by atoms with Crippen LogP contribution in [0.25, 0.3) is 0 Å². The highest BCUT2D eigenvalue weighted by atomic mass is 35.5. The maximum atomic E-state index is 13.8. The second-order valence-corrected chi connectivity index (χ2v) is 6.17. The Labute approximate surface area is 160 Å². The lowest BCUT2D eigenvalue weighted by atomic mass is 10.1. The Bertz CT molecular complexity index is 965. The van der Waals surface area contributed by atoms with Crippen molar-refractivity contribution in [2.24, 2.45) is 0 Å². The summed E-state index contributed by atoms with van der Waals surface area (Å²) in [5.41, 5.74) is -4.68. The van der Waals surface area contributed by atoms with Crippen LogP contribution in [0.1, 0.15) is 10.4 Å². The molecule has 0 saturated carbocycles. The SMILES string of the molecule is O=C(N[C@@]1(C(F)(F)F)NC(=O)N(c2ccc(Cl)cc2)C1=O)c1ccccc1F. The van der Waals surface area contributed by atoms with E-state index in [-0.39, 0.29) is 15.6 Å². The number of anilines is 1. The van der Waals surface area contributed by atoms with Crippen molar-refractivity contribution in [3.8, 4) is 0 Å². The number of benzene rings is 2. The average molecular weight is 416 g/mol. The van der Waals surface area contributed by atoms with Gasteiger partial charge in [0.2, 0.25) is 0 Å². The van der Waals surface area contributed by atoms with Crippen LogP contribution in [0.15, 0.2) is 48.5 Å². The van der Waals surface area contributed by atoms with E-state index in [4.69, 9.17) is 11.6 Å². The Balaban J connectivity index is 2.02. The smallest absolute Gasteiger partial charge is 0.314 e. The minimum absolute atomic E-state index is 0.196. The van der Waals surface area contributed by atoms with Gasteiger partial charge in [0, 0.05) is 5.02 Å². The van der Waals surface area contributed by atoms with E-state index in [0.717, 1.165) is 24.3 Å². The lowest BCUT2D eigenvalue weighted by Gasteiger charge is -2.29. The Kier molecular flexibility index (Phi) is 4.76. The average Bonchev–Trinajstić information content (AvgIpc) is 2.87. The molecule has 1 fully saturated rings. The van der Waals surface area contributed by atoms with Gasteiger partial charge in [0.25, 0.3) is 17.5 Å². The van der Waals surface area contributed by atoms with E-state index in [1.807, 2.05) is 0 Å². The molecule has 1 saturated heterocycles. The van der Waals surface area contributed by atoms with Crippen LogP contribution in [0.5, 0.6) is 0 Å². The topological polar surface area (TPSA) is 78.5 Å². The highest BCUT2D eigenvalue weighted by Crippen LogP contribution is 2.36. The van der Waals surface area contributed by atoms with E-state index in [2.05, 4.69) is 0 Å². The first-order chi connectivity index (χ1) is 13.1. The third kappa shape index (κ3) is 3.15. The number of hydrogen-bond acceptors (Lipinski definition) is 3. The molecule has 11 heteroatoms. The third-order valence-electron chi connectivity index (χ3n) is 3.95. The molecule has 146 valence electrons. The zero-order chi connectivity index (χ0) is 20.7. The highest BCUT2D eigenvalue weighted by Gasteiger charge is 2.69. The number of hydrogen-bond donors (Lipinski definition) is 2. The molecule has 6 nitrogen and oxygen atoms in total. The van der Waals surface area contributed by atoms with Crippen LogP contribution >= 0.6 is 11.6 Å². The van der Waals surface area contributed by atoms with Gasteiger partial charge in [-0.05, 0) is 36.4 Å². The van der Waals surface area contributed by atoms with Gasteiger partial charge in [-0.25, -0.2) is 14.1 Å². The molecular weight excluding hydrogens is 406 g/mol. The summed E-state index contributed by atoms with van der Waals surface area (Å²) < 4.78 is 55.1. The van der Waals surface area contributed by atoms with Gasteiger partial charge in [-0.3, -0.25) is 14.9 Å². The van der Waals surface area contributed by atoms with Crippen molar-refractivity contribution in [2.45, 2.75) is 11.8 Å². The molecule has 0 bridgehead atoms. The maximum absolute atomic E-state index is 13.8. The van der Waals surface area contributed by atoms with E-state index in [1.54, 1.807) is 0 Å². The minimum Gasteiger partial charge on any atom is -0.314 e. The normalized spacial score (nSPS) is 19.5. The van der Waals surface area contributed by atoms with Crippen LogP contribution in [0, 0.1) is 5.82 Å². The molecule has 2 aromatic rings. The molecule has 1 atom stereocenters. The molecule has 2 aromatic carbocycles. The molecule has 0 spiro atoms. The number of nitrogens with one attached hydrogen (secondary N) is 2. The zero-order valence-corrected chi connectivity index (χ0v) is 14.4. The van der Waals surface area contributed by atoms with E-state index in [0.29, 0.717) is 0 Å². The fraction of sp³-hybridized carbons (Fsp3) is 0.118. The van der Waals surface area contributed by atoms with Crippen molar-refractivity contribution >= 4 is 35.1 Å². The van der Waals surface area contributed by atoms with Crippen LogP contribution in [0.4, 0.5) is 28.0 Å². The first-order valence-corrected chi connectivity index (χ1v) is 8.00. The number of carbonyl (C=O) groups excluding carboxylic acids is 3. The third-order valence-corrected chi connectivity index (χ3v) is 4.20. The second kappa shape index (κ2) is 6.79. The summed E-state index contributed by atoms with van der Waals surface area (Å²) in [7, 11) is 0. The molecular formula is C17H10ClF4N3O3. The van der Waals surface area contributed by atoms with E-state index < -0.39 is 41.1 Å². The van der Waals surface area contributed by atoms with Crippen LogP contribution in [0.3, 0.4) is 0 Å². The number of imide groups is 1. The van der Waals surface area contributed by atoms with E-state index >= 15 is 0 Å². The fourth-order valence-electron chi connectivity index (χ4n) is 2.59. The Morgan fingerprint density at radius 2 is 1.68 bits per heavy atom. The molecule has 1 aliphatic heterocycles. The summed E-state index contributed by atoms with van der Waals surface area (Å²) in [6.07, 6.45) is -5.41. The van der Waals surface area contributed by atoms with Gasteiger partial charge < -0.3 is 5.32 Å². The van der Waals surface area contributed by atoms with Gasteiger partial charge in [-0.1, -0.05) is 23.7 Å². The van der Waals surface area contributed by atoms with Gasteiger partial charge in [0.15, 0.2) is 0 Å². The number of carbonyl (C=O) groups is 3. The summed E-state index contributed by atoms with van der Waals surface area (Å²) in [6, 6.07) is 7.70. The summed E-state index contributed by atoms with van der Waals surface area (Å²) in [6.45, 7) is 0. The van der Waals surface area contributed by atoms with Crippen molar-refractivity contribution in [3.63, 3.8) is 0 Å². The van der Waals surface area contributed by atoms with Gasteiger partial charge >= 0.3 is 12.2 Å². The predicted octanol–water partition coefficient (Wildman–Crippen LogP) is 3.22. The van der Waals surface area contributed by atoms with Crippen LogP contribution in [-0.4, -0.2) is 29.7 Å². The van der Waals surface area contributed by atoms with E-state index in [9.17, 15) is 31.9 Å². The molecule has 0 radical (unpaired) electrons. The summed E-state index contributed by atoms with van der Waals surface area (Å²) >= 11 is 5.69. The summed E-state index contributed by atoms with van der Waals surface area (Å²) in [4.78, 5) is 37.2. The van der Waals surface area contributed by atoms with Crippen molar-refractivity contribution in [1.29, 1.82) is 0 Å². The molecule has 28 heavy (non-hydrogen) atoms. The Morgan fingerprint density at radius 3 is 2.25 bits per heavy atom. The van der Waals surface area contributed by atoms with Crippen LogP contribution in [-0.2, 0) is 4.79 Å². The first-order valence-electron chi connectivity index (χ1n) is 7.63. The zero-order valence-electron chi connectivity index (χ0n) is 13.7. The van der Waals surface area contributed by atoms with Crippen LogP contribution < -0.4 is 15.5 Å². The van der Waals surface area contributed by atoms with Crippen LogP contribution in [0.2, 0.25) is 5.02 Å². The van der Waals surface area contributed by atoms with Crippen molar-refractivity contribution in [2.75, 3.05) is 4.90 Å². The molecule has 0 unspecified atom stereocenters. The minimum atomic E-state index is -5.41. The maximum Gasteiger partial charge on any atom is 0.440 e. The van der Waals surface area contributed by atoms with Crippen molar-refractivity contribution < 1.29 is 31.9 Å². The lowest BCUT2D eigenvalue weighted by Crippen LogP contribution is -2.69. The van der Waals surface area contributed by atoms with Gasteiger partial charge in [0.1, 0.15) is 5.82 Å². The number of nitrogens with zero attached hydrogens (tertiary/aromatic N) is 1. The molecule has 3 rings (SSSR count). The van der Waals surface area contributed by atoms with Gasteiger partial charge in [-0.2, -0.15) is 13.2 Å². The number of alkyl halides is 3. The highest BCUT2D eigenvalue weighted by molar-refractivity contribution is 6.31. The van der Waals surface area contributed by atoms with Crippen molar-refractivity contribution in [1.82, 2.24) is 10.6 Å².